The zero-order valence-corrected chi connectivity index (χ0v) is 17.1. The maximum absolute atomic E-state index is 13.2. The Morgan fingerprint density at radius 3 is 2.50 bits per heavy atom. The lowest BCUT2D eigenvalue weighted by molar-refractivity contribution is -0.147. The van der Waals surface area contributed by atoms with Gasteiger partial charge in [-0.2, -0.15) is 0 Å². The number of hydrogen-bond acceptors (Lipinski definition) is 5. The molecule has 30 heavy (non-hydrogen) atoms. The first-order valence-electron chi connectivity index (χ1n) is 11.4. The number of aromatic nitrogens is 3. The van der Waals surface area contributed by atoms with Gasteiger partial charge in [0, 0.05) is 19.5 Å². The molecular formula is C22H27N5O3. The first-order chi connectivity index (χ1) is 14.6. The maximum atomic E-state index is 13.2. The zero-order chi connectivity index (χ0) is 20.4. The topological polar surface area (TPSA) is 88.4 Å². The molecule has 8 nitrogen and oxygen atoms in total. The fraction of sp³-hybridized carbons (Fsp3) is 0.682. The molecule has 3 aliphatic heterocycles. The molecule has 3 fully saturated rings. The summed E-state index contributed by atoms with van der Waals surface area (Å²) in [6.45, 7) is 1.40. The summed E-state index contributed by atoms with van der Waals surface area (Å²) >= 11 is 0. The molecule has 0 N–H and O–H groups in total. The number of rotatable bonds is 3. The number of allylic oxidation sites excluding steroid dienone is 2. The second kappa shape index (κ2) is 6.75. The van der Waals surface area contributed by atoms with Gasteiger partial charge in [0.05, 0.1) is 17.9 Å². The van der Waals surface area contributed by atoms with Gasteiger partial charge in [-0.05, 0) is 43.9 Å². The molecule has 158 valence electrons. The van der Waals surface area contributed by atoms with Crippen LogP contribution in [-0.2, 0) is 27.3 Å². The van der Waals surface area contributed by atoms with E-state index in [2.05, 4.69) is 26.9 Å². The Morgan fingerprint density at radius 1 is 0.967 bits per heavy atom. The lowest BCUT2D eigenvalue weighted by Gasteiger charge is -2.27. The summed E-state index contributed by atoms with van der Waals surface area (Å²) in [7, 11) is 0. The van der Waals surface area contributed by atoms with Crippen molar-refractivity contribution in [3.05, 3.63) is 23.8 Å². The smallest absolute Gasteiger partial charge is 0.243 e. The van der Waals surface area contributed by atoms with Crippen molar-refractivity contribution in [1.82, 2.24) is 24.6 Å². The van der Waals surface area contributed by atoms with Crippen LogP contribution in [0.1, 0.15) is 56.2 Å². The van der Waals surface area contributed by atoms with Crippen LogP contribution in [-0.4, -0.2) is 55.4 Å². The monoisotopic (exact) mass is 409 g/mol. The molecule has 1 aromatic heterocycles. The van der Waals surface area contributed by atoms with Gasteiger partial charge in [-0.1, -0.05) is 18.6 Å². The van der Waals surface area contributed by atoms with Crippen LogP contribution >= 0.6 is 0 Å². The summed E-state index contributed by atoms with van der Waals surface area (Å²) in [5.74, 6) is 1.28. The van der Waals surface area contributed by atoms with E-state index in [1.165, 1.54) is 11.3 Å². The minimum atomic E-state index is -0.248. The quantitative estimate of drug-likeness (QED) is 0.557. The van der Waals surface area contributed by atoms with Crippen LogP contribution in [0.5, 0.6) is 0 Å². The highest BCUT2D eigenvalue weighted by atomic mass is 16.2. The molecule has 2 aliphatic carbocycles. The van der Waals surface area contributed by atoms with Gasteiger partial charge in [0.15, 0.2) is 5.82 Å². The molecule has 8 heteroatoms. The van der Waals surface area contributed by atoms with E-state index in [4.69, 9.17) is 0 Å². The number of nitrogens with zero attached hydrogens (tertiary/aromatic N) is 5. The summed E-state index contributed by atoms with van der Waals surface area (Å²) in [5.41, 5.74) is 0. The van der Waals surface area contributed by atoms with Crippen LogP contribution in [0.2, 0.25) is 0 Å². The van der Waals surface area contributed by atoms with E-state index in [-0.39, 0.29) is 54.0 Å². The highest BCUT2D eigenvalue weighted by molar-refractivity contribution is 6.08. The fourth-order valence-corrected chi connectivity index (χ4v) is 6.43. The van der Waals surface area contributed by atoms with Gasteiger partial charge in [-0.3, -0.25) is 19.3 Å². The summed E-state index contributed by atoms with van der Waals surface area (Å²) in [5, 5.41) is 8.85. The summed E-state index contributed by atoms with van der Waals surface area (Å²) in [6, 6.07) is -0.109. The average Bonchev–Trinajstić information content (AvgIpc) is 3.54. The van der Waals surface area contributed by atoms with Gasteiger partial charge >= 0.3 is 0 Å². The molecule has 0 spiro atoms. The predicted octanol–water partition coefficient (Wildman–Crippen LogP) is 1.48. The first-order valence-corrected chi connectivity index (χ1v) is 11.4. The number of carbonyl (C=O) groups excluding carboxylic acids is 3. The third-order valence-electron chi connectivity index (χ3n) is 7.86. The molecule has 2 saturated heterocycles. The van der Waals surface area contributed by atoms with E-state index in [9.17, 15) is 14.4 Å². The molecule has 0 unspecified atom stereocenters. The Kier molecular flexibility index (Phi) is 4.11. The van der Waals surface area contributed by atoms with E-state index in [1.54, 1.807) is 0 Å². The molecule has 5 atom stereocenters. The van der Waals surface area contributed by atoms with E-state index in [0.717, 1.165) is 56.7 Å². The van der Waals surface area contributed by atoms with Gasteiger partial charge in [0.2, 0.25) is 17.7 Å². The third-order valence-corrected chi connectivity index (χ3v) is 7.86. The molecular weight excluding hydrogens is 382 g/mol. The Morgan fingerprint density at radius 2 is 1.73 bits per heavy atom. The summed E-state index contributed by atoms with van der Waals surface area (Å²) in [4.78, 5) is 42.2. The molecule has 0 radical (unpaired) electrons. The zero-order valence-electron chi connectivity index (χ0n) is 17.1. The number of fused-ring (bicyclic) bond motifs is 6. The lowest BCUT2D eigenvalue weighted by Crippen LogP contribution is -2.44. The minimum Gasteiger partial charge on any atom is -0.331 e. The van der Waals surface area contributed by atoms with Crippen LogP contribution in [0.3, 0.4) is 0 Å². The van der Waals surface area contributed by atoms with Crippen LogP contribution < -0.4 is 0 Å². The molecule has 1 saturated carbocycles. The molecule has 6 rings (SSSR count). The van der Waals surface area contributed by atoms with Crippen molar-refractivity contribution in [3.63, 3.8) is 0 Å². The van der Waals surface area contributed by atoms with Gasteiger partial charge in [-0.25, -0.2) is 0 Å². The predicted molar refractivity (Wildman–Crippen MR) is 106 cm³/mol. The number of imide groups is 1. The Hall–Kier alpha value is -2.51. The molecule has 3 amide bonds. The van der Waals surface area contributed by atoms with E-state index < -0.39 is 0 Å². The SMILES string of the molecule is O=C1[C@H]2[C@H](C(=O)N1CC(=O)N1CCC[C@@H]1c1nnc3n1CCCCC3)[C@H]1C=C[C@H]2C1. The van der Waals surface area contributed by atoms with Gasteiger partial charge in [0.1, 0.15) is 12.4 Å². The van der Waals surface area contributed by atoms with Crippen molar-refractivity contribution in [1.29, 1.82) is 0 Å². The third kappa shape index (κ3) is 2.55. The average molecular weight is 409 g/mol. The number of carbonyl (C=O) groups is 3. The summed E-state index contributed by atoms with van der Waals surface area (Å²) < 4.78 is 2.20. The van der Waals surface area contributed by atoms with Crippen molar-refractivity contribution in [2.45, 2.75) is 57.5 Å². The second-order valence-corrected chi connectivity index (χ2v) is 9.44. The van der Waals surface area contributed by atoms with Crippen molar-refractivity contribution in [2.75, 3.05) is 13.1 Å². The lowest BCUT2D eigenvalue weighted by atomic mass is 9.85. The van der Waals surface area contributed by atoms with Crippen molar-refractivity contribution in [2.24, 2.45) is 23.7 Å². The van der Waals surface area contributed by atoms with Crippen LogP contribution in [0.25, 0.3) is 0 Å². The van der Waals surface area contributed by atoms with Crippen LogP contribution in [0, 0.1) is 23.7 Å². The van der Waals surface area contributed by atoms with Crippen molar-refractivity contribution in [3.8, 4) is 0 Å². The summed E-state index contributed by atoms with van der Waals surface area (Å²) in [6.07, 6.45) is 11.2. The number of aryl methyl sites for hydroxylation is 1. The molecule has 4 heterocycles. The van der Waals surface area contributed by atoms with Gasteiger partial charge < -0.3 is 9.47 Å². The minimum absolute atomic E-state index is 0.109. The Bertz CT molecular complexity index is 923. The van der Waals surface area contributed by atoms with E-state index in [1.807, 2.05) is 4.90 Å². The van der Waals surface area contributed by atoms with Crippen LogP contribution in [0.15, 0.2) is 12.2 Å². The molecule has 0 aromatic carbocycles. The highest BCUT2D eigenvalue weighted by Crippen LogP contribution is 2.52. The maximum Gasteiger partial charge on any atom is 0.243 e. The van der Waals surface area contributed by atoms with Gasteiger partial charge in [0.25, 0.3) is 0 Å². The first kappa shape index (κ1) is 18.3. The fourth-order valence-electron chi connectivity index (χ4n) is 6.43. The number of likely N-dealkylation sites (tertiary alicyclic amines) is 2. The number of amides is 3. The Balaban J connectivity index is 1.21. The second-order valence-electron chi connectivity index (χ2n) is 9.44. The highest BCUT2D eigenvalue weighted by Gasteiger charge is 2.59. The normalized spacial score (nSPS) is 34.6. The van der Waals surface area contributed by atoms with Crippen molar-refractivity contribution >= 4 is 17.7 Å². The molecule has 5 aliphatic rings. The van der Waals surface area contributed by atoms with E-state index >= 15 is 0 Å². The standard InChI is InChI=1S/C22H27N5O3/c28-17(12-27-21(29)18-13-7-8-14(11-13)19(18)22(27)30)25-10-4-5-15(25)20-24-23-16-6-2-1-3-9-26(16)20/h7-8,13-15,18-19H,1-6,9-12H2/t13-,14-,15+,18+,19+/m0/s1. The molecule has 1 aromatic rings. The van der Waals surface area contributed by atoms with E-state index in [0.29, 0.717) is 6.54 Å². The largest absolute Gasteiger partial charge is 0.331 e. The van der Waals surface area contributed by atoms with Crippen molar-refractivity contribution < 1.29 is 14.4 Å². The number of hydrogen-bond donors (Lipinski definition) is 0. The van der Waals surface area contributed by atoms with Gasteiger partial charge in [-0.15, -0.1) is 10.2 Å². The molecule has 2 bridgehead atoms. The van der Waals surface area contributed by atoms with Crippen LogP contribution in [0.4, 0.5) is 0 Å². The Labute approximate surface area is 175 Å².